The first-order chi connectivity index (χ1) is 20.5. The fourth-order valence-electron chi connectivity index (χ4n) is 5.38. The van der Waals surface area contributed by atoms with Crippen molar-refractivity contribution in [1.29, 1.82) is 0 Å². The molecule has 1 saturated carbocycles. The average Bonchev–Trinajstić information content (AvgIpc) is 3.55. The quantitative estimate of drug-likeness (QED) is 0.162. The van der Waals surface area contributed by atoms with Crippen LogP contribution >= 0.6 is 11.3 Å². The molecule has 1 aliphatic carbocycles. The summed E-state index contributed by atoms with van der Waals surface area (Å²) in [6, 6.07) is 7.62. The lowest BCUT2D eigenvalue weighted by molar-refractivity contribution is -0.274. The van der Waals surface area contributed by atoms with E-state index in [1.54, 1.807) is 0 Å². The number of hydrogen-bond acceptors (Lipinski definition) is 9. The third-order valence-electron chi connectivity index (χ3n) is 7.58. The second-order valence-corrected chi connectivity index (χ2v) is 11.5. The molecule has 2 fully saturated rings. The van der Waals surface area contributed by atoms with Crippen LogP contribution in [0, 0.1) is 5.82 Å². The fraction of sp³-hybridized carbons (Fsp3) is 0.379. The number of aromatic carboxylic acids is 1. The number of carbonyl (C=O) groups is 2. The van der Waals surface area contributed by atoms with Gasteiger partial charge in [0, 0.05) is 36.9 Å². The zero-order valence-electron chi connectivity index (χ0n) is 22.7. The van der Waals surface area contributed by atoms with Crippen molar-refractivity contribution in [2.75, 3.05) is 11.4 Å². The van der Waals surface area contributed by atoms with Crippen molar-refractivity contribution >= 4 is 38.6 Å². The van der Waals surface area contributed by atoms with E-state index in [9.17, 15) is 32.3 Å². The first kappa shape index (κ1) is 28.9. The average molecular weight is 620 g/mol. The molecule has 4 aromatic rings. The predicted molar refractivity (Wildman–Crippen MR) is 147 cm³/mol. The SMILES string of the molecule is CC[C@@H]1C[C@H](OC(=O)c2c(-c3ccccc3OC(F)(F)F)noc2C2CC2)CCN1c1nc2c(F)cc(C(=O)O)cc2s1. The van der Waals surface area contributed by atoms with Crippen LogP contribution in [0.1, 0.15) is 71.4 Å². The minimum Gasteiger partial charge on any atom is -0.478 e. The van der Waals surface area contributed by atoms with Gasteiger partial charge in [0.15, 0.2) is 16.7 Å². The molecule has 1 aliphatic heterocycles. The molecular weight excluding hydrogens is 594 g/mol. The van der Waals surface area contributed by atoms with E-state index < -0.39 is 36.0 Å². The van der Waals surface area contributed by atoms with Crippen molar-refractivity contribution in [2.45, 2.75) is 63.5 Å². The Balaban J connectivity index is 1.23. The predicted octanol–water partition coefficient (Wildman–Crippen LogP) is 7.17. The van der Waals surface area contributed by atoms with Gasteiger partial charge in [0.1, 0.15) is 28.6 Å². The Bertz CT molecular complexity index is 1700. The highest BCUT2D eigenvalue weighted by atomic mass is 32.1. The summed E-state index contributed by atoms with van der Waals surface area (Å²) in [4.78, 5) is 31.4. The van der Waals surface area contributed by atoms with Gasteiger partial charge in [-0.15, -0.1) is 13.2 Å². The standard InChI is InChI=1S/C29H25F4N3O6S/c1-2-16-13-17(9-10-36(16)28-34-24-19(30)11-15(26(37)38)12-21(24)43-28)40-27(39)22-23(35-42-25(22)14-7-8-14)18-5-3-4-6-20(18)41-29(31,32)33/h3-6,11-12,14,16-17H,2,7-10,13H2,1H3,(H,37,38)/t16-,17-/m1/s1. The third kappa shape index (κ3) is 5.88. The topological polar surface area (TPSA) is 115 Å². The van der Waals surface area contributed by atoms with Gasteiger partial charge in [-0.05, 0) is 43.5 Å². The Kier molecular flexibility index (Phi) is 7.48. The summed E-state index contributed by atoms with van der Waals surface area (Å²) in [5.74, 6) is -3.00. The number of para-hydroxylation sites is 1. The number of carboxylic acids is 1. The maximum Gasteiger partial charge on any atom is 0.573 e. The van der Waals surface area contributed by atoms with Crippen molar-refractivity contribution in [2.24, 2.45) is 0 Å². The van der Waals surface area contributed by atoms with Crippen molar-refractivity contribution in [3.8, 4) is 17.0 Å². The Morgan fingerprint density at radius 2 is 1.95 bits per heavy atom. The van der Waals surface area contributed by atoms with Gasteiger partial charge in [0.2, 0.25) is 0 Å². The number of piperidine rings is 1. The summed E-state index contributed by atoms with van der Waals surface area (Å²) in [5.41, 5.74) is -0.196. The molecule has 0 radical (unpaired) electrons. The Morgan fingerprint density at radius 1 is 1.19 bits per heavy atom. The number of nitrogens with zero attached hydrogens (tertiary/aromatic N) is 3. The summed E-state index contributed by atoms with van der Waals surface area (Å²) < 4.78 is 69.9. The second-order valence-electron chi connectivity index (χ2n) is 10.5. The maximum atomic E-state index is 14.6. The second kappa shape index (κ2) is 11.1. The number of thiazole rings is 1. The number of ether oxygens (including phenoxy) is 2. The van der Waals surface area contributed by atoms with Crippen molar-refractivity contribution in [3.05, 3.63) is 59.1 Å². The minimum atomic E-state index is -4.95. The molecule has 9 nitrogen and oxygen atoms in total. The van der Waals surface area contributed by atoms with Crippen LogP contribution < -0.4 is 9.64 Å². The molecule has 2 atom stereocenters. The zero-order chi connectivity index (χ0) is 30.5. The number of carboxylic acid groups (broad SMARTS) is 1. The number of anilines is 1. The Hall–Kier alpha value is -4.20. The van der Waals surface area contributed by atoms with Crippen LogP contribution in [0.2, 0.25) is 0 Å². The molecule has 14 heteroatoms. The van der Waals surface area contributed by atoms with E-state index in [1.807, 2.05) is 11.8 Å². The summed E-state index contributed by atoms with van der Waals surface area (Å²) in [5, 5.41) is 13.8. The summed E-state index contributed by atoms with van der Waals surface area (Å²) >= 11 is 1.19. The van der Waals surface area contributed by atoms with Crippen molar-refractivity contribution in [1.82, 2.24) is 10.1 Å². The van der Waals surface area contributed by atoms with E-state index in [1.165, 1.54) is 35.6 Å². The van der Waals surface area contributed by atoms with E-state index in [0.717, 1.165) is 25.0 Å². The highest BCUT2D eigenvalue weighted by Gasteiger charge is 2.40. The number of halogens is 4. The van der Waals surface area contributed by atoms with Gasteiger partial charge in [-0.25, -0.2) is 19.0 Å². The van der Waals surface area contributed by atoms with Crippen molar-refractivity contribution < 1.29 is 46.3 Å². The number of hydrogen-bond donors (Lipinski definition) is 1. The number of aromatic nitrogens is 2. The highest BCUT2D eigenvalue weighted by Crippen LogP contribution is 2.46. The normalized spacial score (nSPS) is 19.0. The van der Waals surface area contributed by atoms with E-state index in [0.29, 0.717) is 35.6 Å². The molecule has 2 aromatic carbocycles. The van der Waals surface area contributed by atoms with Gasteiger partial charge >= 0.3 is 18.3 Å². The molecule has 43 heavy (non-hydrogen) atoms. The lowest BCUT2D eigenvalue weighted by atomic mass is 9.97. The van der Waals surface area contributed by atoms with Crippen LogP contribution in [0.25, 0.3) is 21.5 Å². The molecule has 0 amide bonds. The van der Waals surface area contributed by atoms with Crippen LogP contribution in [0.4, 0.5) is 22.7 Å². The zero-order valence-corrected chi connectivity index (χ0v) is 23.5. The molecule has 0 bridgehead atoms. The van der Waals surface area contributed by atoms with Gasteiger partial charge in [-0.2, -0.15) is 0 Å². The number of fused-ring (bicyclic) bond motifs is 1. The Morgan fingerprint density at radius 3 is 2.65 bits per heavy atom. The molecular formula is C29H25F4N3O6S. The first-order valence-corrected chi connectivity index (χ1v) is 14.5. The fourth-order valence-corrected chi connectivity index (χ4v) is 6.49. The van der Waals surface area contributed by atoms with Gasteiger partial charge in [-0.1, -0.05) is 35.5 Å². The lowest BCUT2D eigenvalue weighted by Gasteiger charge is -2.38. The van der Waals surface area contributed by atoms with Crippen LogP contribution in [0.3, 0.4) is 0 Å². The third-order valence-corrected chi connectivity index (χ3v) is 8.62. The molecule has 3 heterocycles. The smallest absolute Gasteiger partial charge is 0.478 e. The first-order valence-electron chi connectivity index (χ1n) is 13.7. The van der Waals surface area contributed by atoms with Gasteiger partial charge in [0.05, 0.1) is 10.3 Å². The van der Waals surface area contributed by atoms with E-state index in [-0.39, 0.29) is 45.6 Å². The van der Waals surface area contributed by atoms with Gasteiger partial charge in [0.25, 0.3) is 0 Å². The number of alkyl halides is 3. The van der Waals surface area contributed by atoms with E-state index in [4.69, 9.17) is 9.26 Å². The number of esters is 1. The van der Waals surface area contributed by atoms with Crippen molar-refractivity contribution in [3.63, 3.8) is 0 Å². The van der Waals surface area contributed by atoms with Gasteiger partial charge in [-0.3, -0.25) is 0 Å². The van der Waals surface area contributed by atoms with Gasteiger partial charge < -0.3 is 24.0 Å². The summed E-state index contributed by atoms with van der Waals surface area (Å²) in [7, 11) is 0. The monoisotopic (exact) mass is 619 g/mol. The van der Waals surface area contributed by atoms with Crippen LogP contribution in [-0.2, 0) is 4.74 Å². The largest absolute Gasteiger partial charge is 0.573 e. The molecule has 1 N–H and O–H groups in total. The molecule has 2 aliphatic rings. The van der Waals surface area contributed by atoms with Crippen LogP contribution in [-0.4, -0.2) is 52.2 Å². The number of carbonyl (C=O) groups excluding carboxylic acids is 1. The molecule has 0 unspecified atom stereocenters. The minimum absolute atomic E-state index is 0.00733. The summed E-state index contributed by atoms with van der Waals surface area (Å²) in [6.07, 6.45) is -2.47. The van der Waals surface area contributed by atoms with E-state index >= 15 is 0 Å². The summed E-state index contributed by atoms with van der Waals surface area (Å²) in [6.45, 7) is 2.39. The van der Waals surface area contributed by atoms with E-state index in [2.05, 4.69) is 14.9 Å². The van der Waals surface area contributed by atoms with Crippen LogP contribution in [0.5, 0.6) is 5.75 Å². The Labute approximate surface area is 246 Å². The number of rotatable bonds is 8. The molecule has 226 valence electrons. The molecule has 6 rings (SSSR count). The highest BCUT2D eigenvalue weighted by molar-refractivity contribution is 7.22. The molecule has 2 aromatic heterocycles. The molecule has 1 saturated heterocycles. The molecule has 0 spiro atoms. The van der Waals surface area contributed by atoms with Crippen LogP contribution in [0.15, 0.2) is 40.9 Å². The number of benzene rings is 2. The maximum absolute atomic E-state index is 14.6. The lowest BCUT2D eigenvalue weighted by Crippen LogP contribution is -2.45.